The number of hydrogen-bond acceptors (Lipinski definition) is 1. The third kappa shape index (κ3) is 3.22. The van der Waals surface area contributed by atoms with Crippen LogP contribution in [0.25, 0.3) is 0 Å². The minimum atomic E-state index is 0. The van der Waals surface area contributed by atoms with E-state index in [2.05, 4.69) is 36.5 Å². The fraction of sp³-hybridized carbons (Fsp3) is 0.538. The van der Waals surface area contributed by atoms with Crippen molar-refractivity contribution in [2.45, 2.75) is 38.6 Å². The molecule has 1 aliphatic heterocycles. The number of halogens is 1. The highest BCUT2D eigenvalue weighted by molar-refractivity contribution is 5.85. The molecule has 1 N–H and O–H groups in total. The Balaban J connectivity index is 0.00000112. The summed E-state index contributed by atoms with van der Waals surface area (Å²) in [6.07, 6.45) is 5.06. The van der Waals surface area contributed by atoms with E-state index in [1.54, 1.807) is 0 Å². The molecule has 1 atom stereocenters. The number of hydrogen-bond donors (Lipinski definition) is 1. The first kappa shape index (κ1) is 12.5. The number of aryl methyl sites for hydroxylation is 1. The van der Waals surface area contributed by atoms with Gasteiger partial charge in [0.15, 0.2) is 0 Å². The molecule has 84 valence electrons. The van der Waals surface area contributed by atoms with Crippen LogP contribution in [0.5, 0.6) is 0 Å². The van der Waals surface area contributed by atoms with Crippen LogP contribution in [0.2, 0.25) is 0 Å². The molecule has 1 nitrogen and oxygen atoms in total. The highest BCUT2D eigenvalue weighted by atomic mass is 35.5. The molecule has 1 aliphatic rings. The standard InChI is InChI=1S/C13H19N.ClH/c1-2-4-11-6-8-12(9-7-11)13-5-3-10-14-13;/h6-9,13-14H,2-5,10H2,1H3;1H/t13-;/m1./s1. The van der Waals surface area contributed by atoms with Crippen LogP contribution in [0.1, 0.15) is 43.4 Å². The lowest BCUT2D eigenvalue weighted by atomic mass is 10.0. The molecular weight excluding hydrogens is 206 g/mol. The number of rotatable bonds is 3. The highest BCUT2D eigenvalue weighted by Gasteiger charge is 2.15. The Morgan fingerprint density at radius 2 is 2.00 bits per heavy atom. The van der Waals surface area contributed by atoms with Gasteiger partial charge in [0.05, 0.1) is 0 Å². The summed E-state index contributed by atoms with van der Waals surface area (Å²) in [6, 6.07) is 9.74. The van der Waals surface area contributed by atoms with Crippen molar-refractivity contribution in [3.05, 3.63) is 35.4 Å². The van der Waals surface area contributed by atoms with Gasteiger partial charge in [-0.05, 0) is 36.9 Å². The second-order valence-corrected chi connectivity index (χ2v) is 4.14. The van der Waals surface area contributed by atoms with Crippen molar-refractivity contribution < 1.29 is 0 Å². The molecule has 2 heteroatoms. The smallest absolute Gasteiger partial charge is 0.0320 e. The average molecular weight is 226 g/mol. The average Bonchev–Trinajstić information content (AvgIpc) is 2.72. The van der Waals surface area contributed by atoms with E-state index < -0.39 is 0 Å². The summed E-state index contributed by atoms with van der Waals surface area (Å²) >= 11 is 0. The first-order valence-corrected chi connectivity index (χ1v) is 5.72. The van der Waals surface area contributed by atoms with Gasteiger partial charge < -0.3 is 5.32 Å². The monoisotopic (exact) mass is 225 g/mol. The largest absolute Gasteiger partial charge is 0.310 e. The van der Waals surface area contributed by atoms with Crippen LogP contribution < -0.4 is 5.32 Å². The highest BCUT2D eigenvalue weighted by Crippen LogP contribution is 2.23. The molecule has 0 aliphatic carbocycles. The Morgan fingerprint density at radius 3 is 2.53 bits per heavy atom. The van der Waals surface area contributed by atoms with Crippen LogP contribution in [0, 0.1) is 0 Å². The van der Waals surface area contributed by atoms with E-state index in [1.807, 2.05) is 0 Å². The van der Waals surface area contributed by atoms with Crippen LogP contribution in [0.3, 0.4) is 0 Å². The van der Waals surface area contributed by atoms with Crippen molar-refractivity contribution in [2.75, 3.05) is 6.54 Å². The van der Waals surface area contributed by atoms with E-state index in [1.165, 1.54) is 43.4 Å². The van der Waals surface area contributed by atoms with E-state index >= 15 is 0 Å². The van der Waals surface area contributed by atoms with Gasteiger partial charge in [-0.25, -0.2) is 0 Å². The molecule has 0 aromatic heterocycles. The van der Waals surface area contributed by atoms with Crippen LogP contribution >= 0.6 is 12.4 Å². The second-order valence-electron chi connectivity index (χ2n) is 4.14. The molecule has 0 saturated carbocycles. The summed E-state index contributed by atoms with van der Waals surface area (Å²) in [5.74, 6) is 0. The zero-order valence-electron chi connectivity index (χ0n) is 9.33. The van der Waals surface area contributed by atoms with Crippen LogP contribution in [0.15, 0.2) is 24.3 Å². The summed E-state index contributed by atoms with van der Waals surface area (Å²) in [6.45, 7) is 3.41. The molecule has 0 bridgehead atoms. The SMILES string of the molecule is CCCc1ccc([C@H]2CCCN2)cc1.Cl. The quantitative estimate of drug-likeness (QED) is 0.831. The maximum absolute atomic E-state index is 3.52. The molecule has 1 heterocycles. The van der Waals surface area contributed by atoms with Gasteiger partial charge in [-0.3, -0.25) is 0 Å². The zero-order valence-corrected chi connectivity index (χ0v) is 10.1. The Morgan fingerprint density at radius 1 is 1.27 bits per heavy atom. The van der Waals surface area contributed by atoms with Crippen molar-refractivity contribution in [3.8, 4) is 0 Å². The summed E-state index contributed by atoms with van der Waals surface area (Å²) in [5.41, 5.74) is 2.93. The van der Waals surface area contributed by atoms with E-state index in [-0.39, 0.29) is 12.4 Å². The van der Waals surface area contributed by atoms with E-state index in [9.17, 15) is 0 Å². The molecule has 0 radical (unpaired) electrons. The minimum Gasteiger partial charge on any atom is -0.310 e. The molecule has 1 fully saturated rings. The molecule has 0 unspecified atom stereocenters. The Hall–Kier alpha value is -0.530. The molecule has 0 spiro atoms. The normalized spacial score (nSPS) is 19.9. The molecule has 1 aromatic rings. The van der Waals surface area contributed by atoms with E-state index in [4.69, 9.17) is 0 Å². The first-order chi connectivity index (χ1) is 6.90. The van der Waals surface area contributed by atoms with Gasteiger partial charge in [-0.15, -0.1) is 12.4 Å². The number of nitrogens with one attached hydrogen (secondary N) is 1. The van der Waals surface area contributed by atoms with Crippen molar-refractivity contribution in [2.24, 2.45) is 0 Å². The van der Waals surface area contributed by atoms with Crippen LogP contribution in [-0.4, -0.2) is 6.54 Å². The lowest BCUT2D eigenvalue weighted by Gasteiger charge is -2.10. The summed E-state index contributed by atoms with van der Waals surface area (Å²) in [4.78, 5) is 0. The van der Waals surface area contributed by atoms with Gasteiger partial charge >= 0.3 is 0 Å². The third-order valence-corrected chi connectivity index (χ3v) is 2.98. The van der Waals surface area contributed by atoms with Gasteiger partial charge in [0.1, 0.15) is 0 Å². The van der Waals surface area contributed by atoms with E-state index in [0.717, 1.165) is 0 Å². The summed E-state index contributed by atoms with van der Waals surface area (Å²) < 4.78 is 0. The Kier molecular flexibility index (Phi) is 5.13. The minimum absolute atomic E-state index is 0. The topological polar surface area (TPSA) is 12.0 Å². The van der Waals surface area contributed by atoms with E-state index in [0.29, 0.717) is 6.04 Å². The first-order valence-electron chi connectivity index (χ1n) is 5.72. The van der Waals surface area contributed by atoms with Crippen molar-refractivity contribution in [3.63, 3.8) is 0 Å². The van der Waals surface area contributed by atoms with Gasteiger partial charge in [0.2, 0.25) is 0 Å². The Labute approximate surface area is 98.7 Å². The van der Waals surface area contributed by atoms with Gasteiger partial charge in [0.25, 0.3) is 0 Å². The lowest BCUT2D eigenvalue weighted by Crippen LogP contribution is -2.12. The predicted octanol–water partition coefficient (Wildman–Crippen LogP) is 3.49. The second kappa shape index (κ2) is 6.14. The number of benzene rings is 1. The summed E-state index contributed by atoms with van der Waals surface area (Å²) in [5, 5.41) is 3.52. The maximum Gasteiger partial charge on any atom is 0.0320 e. The lowest BCUT2D eigenvalue weighted by molar-refractivity contribution is 0.647. The Bertz CT molecular complexity index is 275. The molecule has 15 heavy (non-hydrogen) atoms. The molecule has 1 aromatic carbocycles. The van der Waals surface area contributed by atoms with Crippen molar-refractivity contribution in [1.82, 2.24) is 5.32 Å². The van der Waals surface area contributed by atoms with Gasteiger partial charge in [-0.1, -0.05) is 37.6 Å². The van der Waals surface area contributed by atoms with Crippen molar-refractivity contribution >= 4 is 12.4 Å². The third-order valence-electron chi connectivity index (χ3n) is 2.98. The van der Waals surface area contributed by atoms with Crippen molar-refractivity contribution in [1.29, 1.82) is 0 Å². The molecule has 0 amide bonds. The molecule has 1 saturated heterocycles. The summed E-state index contributed by atoms with van der Waals surface area (Å²) in [7, 11) is 0. The fourth-order valence-electron chi connectivity index (χ4n) is 2.17. The fourth-order valence-corrected chi connectivity index (χ4v) is 2.17. The van der Waals surface area contributed by atoms with Crippen LogP contribution in [0.4, 0.5) is 0 Å². The molecular formula is C13H20ClN. The molecule has 2 rings (SSSR count). The van der Waals surface area contributed by atoms with Gasteiger partial charge in [0, 0.05) is 6.04 Å². The zero-order chi connectivity index (χ0) is 9.80. The van der Waals surface area contributed by atoms with Gasteiger partial charge in [-0.2, -0.15) is 0 Å². The van der Waals surface area contributed by atoms with Crippen LogP contribution in [-0.2, 0) is 6.42 Å². The predicted molar refractivity (Wildman–Crippen MR) is 67.7 cm³/mol. The maximum atomic E-state index is 3.52.